The van der Waals surface area contributed by atoms with Gasteiger partial charge in [0.2, 0.25) is 16.0 Å². The Bertz CT molecular complexity index is 1580. The van der Waals surface area contributed by atoms with Crippen molar-refractivity contribution in [2.75, 3.05) is 45.3 Å². The van der Waals surface area contributed by atoms with E-state index in [2.05, 4.69) is 15.1 Å². The van der Waals surface area contributed by atoms with E-state index in [-0.39, 0.29) is 29.5 Å². The Hall–Kier alpha value is -3.91. The molecule has 3 heterocycles. The van der Waals surface area contributed by atoms with Crippen molar-refractivity contribution in [3.05, 3.63) is 60.3 Å². The molecule has 0 unspecified atom stereocenters. The maximum Gasteiger partial charge on any atom is 0.416 e. The lowest BCUT2D eigenvalue weighted by Gasteiger charge is -2.33. The maximum absolute atomic E-state index is 13.4. The Morgan fingerprint density at radius 1 is 0.947 bits per heavy atom. The first-order valence-electron chi connectivity index (χ1n) is 11.5. The van der Waals surface area contributed by atoms with E-state index in [4.69, 9.17) is 9.47 Å². The summed E-state index contributed by atoms with van der Waals surface area (Å²) < 4.78 is 79.6. The van der Waals surface area contributed by atoms with Gasteiger partial charge in [-0.2, -0.15) is 27.0 Å². The van der Waals surface area contributed by atoms with Gasteiger partial charge in [0, 0.05) is 44.0 Å². The molecular formula is C24H23F3N6O4S. The Balaban J connectivity index is 1.39. The summed E-state index contributed by atoms with van der Waals surface area (Å²) in [7, 11) is -1.03. The molecule has 0 bridgehead atoms. The van der Waals surface area contributed by atoms with Gasteiger partial charge in [-0.1, -0.05) is 12.1 Å². The highest BCUT2D eigenvalue weighted by atomic mass is 32.2. The van der Waals surface area contributed by atoms with Gasteiger partial charge in [-0.05, 0) is 30.3 Å². The molecule has 1 aliphatic heterocycles. The molecule has 14 heteroatoms. The molecule has 1 saturated heterocycles. The number of aromatic nitrogens is 4. The zero-order valence-corrected chi connectivity index (χ0v) is 21.2. The van der Waals surface area contributed by atoms with E-state index >= 15 is 0 Å². The molecule has 10 nitrogen and oxygen atoms in total. The molecule has 0 atom stereocenters. The predicted molar refractivity (Wildman–Crippen MR) is 132 cm³/mol. The minimum Gasteiger partial charge on any atom is -0.497 e. The molecule has 2 aromatic heterocycles. The van der Waals surface area contributed by atoms with Crippen LogP contribution in [0.2, 0.25) is 0 Å². The smallest absolute Gasteiger partial charge is 0.416 e. The molecule has 4 aromatic rings. The van der Waals surface area contributed by atoms with E-state index in [1.54, 1.807) is 23.1 Å². The van der Waals surface area contributed by atoms with E-state index in [9.17, 15) is 21.6 Å². The number of alkyl halides is 3. The minimum atomic E-state index is -4.48. The van der Waals surface area contributed by atoms with Crippen molar-refractivity contribution in [3.8, 4) is 22.8 Å². The van der Waals surface area contributed by atoms with Crippen molar-refractivity contribution >= 4 is 21.7 Å². The van der Waals surface area contributed by atoms with Gasteiger partial charge < -0.3 is 14.4 Å². The van der Waals surface area contributed by atoms with Crippen molar-refractivity contribution in [1.29, 1.82) is 0 Å². The van der Waals surface area contributed by atoms with Crippen LogP contribution in [0.5, 0.6) is 11.5 Å². The van der Waals surface area contributed by atoms with Gasteiger partial charge in [0.05, 0.1) is 25.5 Å². The second kappa shape index (κ2) is 9.76. The number of sulfonamides is 1. The van der Waals surface area contributed by atoms with Crippen molar-refractivity contribution in [3.63, 3.8) is 0 Å². The number of ether oxygens (including phenoxy) is 2. The largest absolute Gasteiger partial charge is 0.497 e. The Labute approximate surface area is 216 Å². The summed E-state index contributed by atoms with van der Waals surface area (Å²) in [4.78, 5) is 10.4. The number of piperazine rings is 1. The van der Waals surface area contributed by atoms with E-state index < -0.39 is 21.8 Å². The summed E-state index contributed by atoms with van der Waals surface area (Å²) in [6, 6.07) is 11.1. The summed E-state index contributed by atoms with van der Waals surface area (Å²) in [5, 5.41) is 4.48. The topological polar surface area (TPSA) is 102 Å². The number of rotatable bonds is 6. The lowest BCUT2D eigenvalue weighted by atomic mass is 10.1. The number of nitrogens with zero attached hydrogens (tertiary/aromatic N) is 6. The van der Waals surface area contributed by atoms with Gasteiger partial charge in [0.15, 0.2) is 0 Å². The normalized spacial score (nSPS) is 15.1. The summed E-state index contributed by atoms with van der Waals surface area (Å²) in [6.07, 6.45) is -3.03. The predicted octanol–water partition coefficient (Wildman–Crippen LogP) is 3.34. The molecule has 0 saturated carbocycles. The number of fused-ring (bicyclic) bond motifs is 1. The number of methoxy groups -OCH3 is 2. The van der Waals surface area contributed by atoms with Crippen molar-refractivity contribution in [1.82, 2.24) is 23.9 Å². The third-order valence-corrected chi connectivity index (χ3v) is 8.15. The van der Waals surface area contributed by atoms with E-state index in [1.807, 2.05) is 0 Å². The Morgan fingerprint density at radius 3 is 2.39 bits per heavy atom. The van der Waals surface area contributed by atoms with Gasteiger partial charge in [-0.3, -0.25) is 0 Å². The van der Waals surface area contributed by atoms with Gasteiger partial charge in [-0.25, -0.2) is 13.4 Å². The lowest BCUT2D eigenvalue weighted by Crippen LogP contribution is -2.49. The van der Waals surface area contributed by atoms with Crippen LogP contribution in [0.1, 0.15) is 5.56 Å². The second-order valence-electron chi connectivity index (χ2n) is 8.44. The molecular weight excluding hydrogens is 525 g/mol. The quantitative estimate of drug-likeness (QED) is 0.362. The highest BCUT2D eigenvalue weighted by molar-refractivity contribution is 7.89. The van der Waals surface area contributed by atoms with Crippen LogP contribution in [0.15, 0.2) is 59.6 Å². The minimum absolute atomic E-state index is 0.00795. The summed E-state index contributed by atoms with van der Waals surface area (Å²) in [6.45, 7) is 0.904. The van der Waals surface area contributed by atoms with Crippen LogP contribution >= 0.6 is 0 Å². The van der Waals surface area contributed by atoms with Gasteiger partial charge in [0.1, 0.15) is 16.4 Å². The Morgan fingerprint density at radius 2 is 1.71 bits per heavy atom. The van der Waals surface area contributed by atoms with E-state index in [0.717, 1.165) is 12.1 Å². The number of anilines is 1. The lowest BCUT2D eigenvalue weighted by molar-refractivity contribution is -0.137. The molecule has 0 radical (unpaired) electrons. The maximum atomic E-state index is 13.4. The fourth-order valence-corrected chi connectivity index (χ4v) is 5.84. The van der Waals surface area contributed by atoms with Gasteiger partial charge >= 0.3 is 6.18 Å². The van der Waals surface area contributed by atoms with Crippen LogP contribution in [-0.2, 0) is 16.2 Å². The average molecular weight is 549 g/mol. The van der Waals surface area contributed by atoms with Crippen LogP contribution in [0.25, 0.3) is 17.0 Å². The monoisotopic (exact) mass is 548 g/mol. The number of hydrogen-bond acceptors (Lipinski definition) is 8. The third kappa shape index (κ3) is 4.72. The van der Waals surface area contributed by atoms with E-state index in [0.29, 0.717) is 36.0 Å². The highest BCUT2D eigenvalue weighted by Gasteiger charge is 2.33. The summed E-state index contributed by atoms with van der Waals surface area (Å²) >= 11 is 0. The molecule has 38 heavy (non-hydrogen) atoms. The summed E-state index contributed by atoms with van der Waals surface area (Å²) in [5.74, 6) is 1.11. The van der Waals surface area contributed by atoms with Crippen LogP contribution in [0.3, 0.4) is 0 Å². The summed E-state index contributed by atoms with van der Waals surface area (Å²) in [5.41, 5.74) is -0.0664. The molecule has 200 valence electrons. The van der Waals surface area contributed by atoms with Crippen molar-refractivity contribution < 1.29 is 31.1 Å². The number of benzene rings is 2. The van der Waals surface area contributed by atoms with Crippen LogP contribution < -0.4 is 14.4 Å². The number of hydrogen-bond donors (Lipinski definition) is 0. The molecule has 0 aliphatic carbocycles. The first-order valence-corrected chi connectivity index (χ1v) is 12.9. The van der Waals surface area contributed by atoms with Crippen molar-refractivity contribution in [2.45, 2.75) is 11.1 Å². The molecule has 5 rings (SSSR count). The fourth-order valence-electron chi connectivity index (χ4n) is 4.24. The first-order chi connectivity index (χ1) is 18.1. The van der Waals surface area contributed by atoms with Gasteiger partial charge in [-0.15, -0.1) is 5.10 Å². The fraction of sp³-hybridized carbons (Fsp3) is 0.292. The average Bonchev–Trinajstić information content (AvgIpc) is 3.37. The first kappa shape index (κ1) is 25.7. The number of halogens is 3. The molecule has 2 aromatic carbocycles. The van der Waals surface area contributed by atoms with Crippen LogP contribution in [-0.4, -0.2) is 72.7 Å². The van der Waals surface area contributed by atoms with Crippen LogP contribution in [0, 0.1) is 0 Å². The SMILES string of the molecule is COc1ccc(OC)c(S(=O)(=O)N2CCN(c3nc4nccc(-c5cccc(C(F)(F)F)c5)n4n3)CC2)c1. The Kier molecular flexibility index (Phi) is 6.61. The third-order valence-electron chi connectivity index (χ3n) is 6.23. The molecule has 0 N–H and O–H groups in total. The highest BCUT2D eigenvalue weighted by Crippen LogP contribution is 2.33. The second-order valence-corrected chi connectivity index (χ2v) is 10.3. The zero-order chi connectivity index (χ0) is 27.1. The van der Waals surface area contributed by atoms with Gasteiger partial charge in [0.25, 0.3) is 5.78 Å². The molecule has 1 aliphatic rings. The zero-order valence-electron chi connectivity index (χ0n) is 20.4. The molecule has 0 spiro atoms. The van der Waals surface area contributed by atoms with E-state index in [1.165, 1.54) is 47.4 Å². The molecule has 0 amide bonds. The molecule has 1 fully saturated rings. The standard InChI is InChI=1S/C24H23F3N6O4S/c1-36-18-6-7-20(37-2)21(15-18)38(34,35)32-12-10-31(11-13-32)23-29-22-28-9-8-19(33(22)30-23)16-4-3-5-17(14-16)24(25,26)27/h3-9,14-15H,10-13H2,1-2H3. The van der Waals surface area contributed by atoms with Crippen molar-refractivity contribution in [2.24, 2.45) is 0 Å². The van der Waals surface area contributed by atoms with Crippen LogP contribution in [0.4, 0.5) is 19.1 Å².